The molecule has 3 N–H and O–H groups in total. The van der Waals surface area contributed by atoms with Gasteiger partial charge in [-0.1, -0.05) is 12.1 Å². The van der Waals surface area contributed by atoms with Gasteiger partial charge in [0.15, 0.2) is 0 Å². The van der Waals surface area contributed by atoms with Crippen molar-refractivity contribution < 1.29 is 4.39 Å². The van der Waals surface area contributed by atoms with Crippen LogP contribution >= 0.6 is 0 Å². The zero-order valence-electron chi connectivity index (χ0n) is 9.13. The number of hydrogen-bond acceptors (Lipinski definition) is 2. The highest BCUT2D eigenvalue weighted by molar-refractivity contribution is 5.25. The van der Waals surface area contributed by atoms with Crippen LogP contribution in [0.5, 0.6) is 0 Å². The van der Waals surface area contributed by atoms with Crippen LogP contribution in [0.15, 0.2) is 24.3 Å². The molecule has 0 atom stereocenters. The molecule has 16 heavy (non-hydrogen) atoms. The van der Waals surface area contributed by atoms with Crippen LogP contribution in [0.25, 0.3) is 0 Å². The van der Waals surface area contributed by atoms with Gasteiger partial charge < -0.3 is 10.7 Å². The lowest BCUT2D eigenvalue weighted by atomic mass is 10.1. The van der Waals surface area contributed by atoms with Crippen LogP contribution in [0.2, 0.25) is 0 Å². The first kappa shape index (κ1) is 10.8. The molecule has 0 saturated heterocycles. The van der Waals surface area contributed by atoms with Crippen LogP contribution in [0.4, 0.5) is 4.39 Å². The number of benzene rings is 1. The first-order chi connectivity index (χ1) is 7.69. The Morgan fingerprint density at radius 2 is 2.25 bits per heavy atom. The molecule has 1 heterocycles. The lowest BCUT2D eigenvalue weighted by Gasteiger charge is -1.99. The van der Waals surface area contributed by atoms with Crippen molar-refractivity contribution in [3.05, 3.63) is 52.9 Å². The monoisotopic (exact) mass is 219 g/mol. The fraction of sp³-hybridized carbons (Fsp3) is 0.250. The molecule has 0 bridgehead atoms. The van der Waals surface area contributed by atoms with Gasteiger partial charge in [0.1, 0.15) is 11.6 Å². The lowest BCUT2D eigenvalue weighted by Crippen LogP contribution is -1.98. The maximum Gasteiger partial charge on any atom is 0.123 e. The Morgan fingerprint density at radius 1 is 1.44 bits per heavy atom. The van der Waals surface area contributed by atoms with Crippen molar-refractivity contribution in [1.29, 1.82) is 0 Å². The number of nitrogens with zero attached hydrogens (tertiary/aromatic N) is 1. The van der Waals surface area contributed by atoms with Crippen LogP contribution < -0.4 is 5.73 Å². The summed E-state index contributed by atoms with van der Waals surface area (Å²) in [7, 11) is 0. The first-order valence-corrected chi connectivity index (χ1v) is 5.18. The van der Waals surface area contributed by atoms with E-state index in [2.05, 4.69) is 9.97 Å². The third-order valence-corrected chi connectivity index (χ3v) is 2.49. The molecule has 0 saturated carbocycles. The van der Waals surface area contributed by atoms with Crippen molar-refractivity contribution in [2.24, 2.45) is 5.73 Å². The molecule has 2 aromatic rings. The topological polar surface area (TPSA) is 54.7 Å². The molecule has 0 spiro atoms. The van der Waals surface area contributed by atoms with Crippen molar-refractivity contribution in [3.8, 4) is 0 Å². The third-order valence-electron chi connectivity index (χ3n) is 2.49. The van der Waals surface area contributed by atoms with Gasteiger partial charge in [0.2, 0.25) is 0 Å². The number of aromatic amines is 1. The molecule has 0 unspecified atom stereocenters. The van der Waals surface area contributed by atoms with Gasteiger partial charge in [0, 0.05) is 12.1 Å². The van der Waals surface area contributed by atoms with E-state index in [0.29, 0.717) is 13.0 Å². The number of rotatable bonds is 3. The average molecular weight is 219 g/mol. The summed E-state index contributed by atoms with van der Waals surface area (Å²) in [6.45, 7) is 2.34. The van der Waals surface area contributed by atoms with E-state index in [9.17, 15) is 4.39 Å². The van der Waals surface area contributed by atoms with E-state index in [1.54, 1.807) is 6.07 Å². The van der Waals surface area contributed by atoms with Gasteiger partial charge in [0.05, 0.1) is 12.2 Å². The van der Waals surface area contributed by atoms with Gasteiger partial charge in [-0.25, -0.2) is 9.37 Å². The van der Waals surface area contributed by atoms with Crippen LogP contribution in [0.3, 0.4) is 0 Å². The zero-order chi connectivity index (χ0) is 11.5. The fourth-order valence-electron chi connectivity index (χ4n) is 1.67. The minimum atomic E-state index is -0.218. The second-order valence-electron chi connectivity index (χ2n) is 3.77. The number of hydrogen-bond donors (Lipinski definition) is 2. The minimum absolute atomic E-state index is 0.218. The molecule has 84 valence electrons. The summed E-state index contributed by atoms with van der Waals surface area (Å²) in [5, 5.41) is 0. The van der Waals surface area contributed by atoms with Crippen molar-refractivity contribution in [2.45, 2.75) is 19.9 Å². The highest BCUT2D eigenvalue weighted by Crippen LogP contribution is 2.12. The largest absolute Gasteiger partial charge is 0.345 e. The van der Waals surface area contributed by atoms with Crippen molar-refractivity contribution in [1.82, 2.24) is 9.97 Å². The number of aryl methyl sites for hydroxylation is 1. The van der Waals surface area contributed by atoms with Crippen LogP contribution in [0, 0.1) is 12.7 Å². The molecule has 1 aromatic heterocycles. The SMILES string of the molecule is Cc1[nH]c(CN)nc1Cc1cccc(F)c1. The summed E-state index contributed by atoms with van der Waals surface area (Å²) in [6.07, 6.45) is 0.625. The molecule has 4 heteroatoms. The number of aromatic nitrogens is 2. The number of imidazole rings is 1. The molecule has 1 aromatic carbocycles. The average Bonchev–Trinajstić information content (AvgIpc) is 2.60. The molecule has 0 amide bonds. The van der Waals surface area contributed by atoms with Crippen LogP contribution in [-0.4, -0.2) is 9.97 Å². The quantitative estimate of drug-likeness (QED) is 0.828. The summed E-state index contributed by atoms with van der Waals surface area (Å²) >= 11 is 0. The number of halogens is 1. The standard InChI is InChI=1S/C12H14FN3/c1-8-11(16-12(7-14)15-8)6-9-3-2-4-10(13)5-9/h2-5H,6-7,14H2,1H3,(H,15,16). The van der Waals surface area contributed by atoms with E-state index < -0.39 is 0 Å². The maximum atomic E-state index is 13.0. The number of H-pyrrole nitrogens is 1. The Kier molecular flexibility index (Phi) is 3.01. The van der Waals surface area contributed by atoms with Gasteiger partial charge in [-0.15, -0.1) is 0 Å². The Bertz CT molecular complexity index is 491. The van der Waals surface area contributed by atoms with E-state index in [0.717, 1.165) is 22.8 Å². The smallest absolute Gasteiger partial charge is 0.123 e. The molecule has 0 radical (unpaired) electrons. The lowest BCUT2D eigenvalue weighted by molar-refractivity contribution is 0.626. The molecule has 0 aliphatic carbocycles. The number of nitrogens with one attached hydrogen (secondary N) is 1. The minimum Gasteiger partial charge on any atom is -0.345 e. The number of nitrogens with two attached hydrogens (primary N) is 1. The fourth-order valence-corrected chi connectivity index (χ4v) is 1.67. The van der Waals surface area contributed by atoms with E-state index in [1.165, 1.54) is 12.1 Å². The summed E-state index contributed by atoms with van der Waals surface area (Å²) in [5.41, 5.74) is 8.32. The Balaban J connectivity index is 2.23. The summed E-state index contributed by atoms with van der Waals surface area (Å²) < 4.78 is 13.0. The molecular weight excluding hydrogens is 205 g/mol. The normalized spacial score (nSPS) is 10.7. The van der Waals surface area contributed by atoms with Gasteiger partial charge in [0.25, 0.3) is 0 Å². The van der Waals surface area contributed by atoms with Gasteiger partial charge in [-0.2, -0.15) is 0 Å². The Morgan fingerprint density at radius 3 is 2.88 bits per heavy atom. The van der Waals surface area contributed by atoms with Crippen molar-refractivity contribution in [3.63, 3.8) is 0 Å². The second kappa shape index (κ2) is 4.45. The van der Waals surface area contributed by atoms with Gasteiger partial charge in [-0.3, -0.25) is 0 Å². The predicted octanol–water partition coefficient (Wildman–Crippen LogP) is 1.91. The first-order valence-electron chi connectivity index (χ1n) is 5.18. The summed E-state index contributed by atoms with van der Waals surface area (Å²) in [6, 6.07) is 6.55. The van der Waals surface area contributed by atoms with Crippen molar-refractivity contribution in [2.75, 3.05) is 0 Å². The molecule has 0 fully saturated rings. The van der Waals surface area contributed by atoms with E-state index in [-0.39, 0.29) is 5.82 Å². The molecule has 0 aliphatic rings. The van der Waals surface area contributed by atoms with E-state index in [1.807, 2.05) is 13.0 Å². The Labute approximate surface area is 93.5 Å². The molecule has 2 rings (SSSR count). The van der Waals surface area contributed by atoms with Crippen molar-refractivity contribution >= 4 is 0 Å². The second-order valence-corrected chi connectivity index (χ2v) is 3.77. The molecule has 0 aliphatic heterocycles. The zero-order valence-corrected chi connectivity index (χ0v) is 9.13. The van der Waals surface area contributed by atoms with Gasteiger partial charge >= 0.3 is 0 Å². The van der Waals surface area contributed by atoms with E-state index in [4.69, 9.17) is 5.73 Å². The Hall–Kier alpha value is -1.68. The van der Waals surface area contributed by atoms with Crippen LogP contribution in [-0.2, 0) is 13.0 Å². The third kappa shape index (κ3) is 2.28. The molecule has 3 nitrogen and oxygen atoms in total. The molecular formula is C12H14FN3. The summed E-state index contributed by atoms with van der Waals surface area (Å²) in [4.78, 5) is 7.45. The predicted molar refractivity (Wildman–Crippen MR) is 60.4 cm³/mol. The van der Waals surface area contributed by atoms with E-state index >= 15 is 0 Å². The van der Waals surface area contributed by atoms with Gasteiger partial charge in [-0.05, 0) is 24.6 Å². The highest BCUT2D eigenvalue weighted by atomic mass is 19.1. The maximum absolute atomic E-state index is 13.0. The van der Waals surface area contributed by atoms with Crippen LogP contribution in [0.1, 0.15) is 22.8 Å². The highest BCUT2D eigenvalue weighted by Gasteiger charge is 2.06. The summed E-state index contributed by atoms with van der Waals surface area (Å²) in [5.74, 6) is 0.550.